The molecule has 0 saturated heterocycles. The Morgan fingerprint density at radius 2 is 1.83 bits per heavy atom. The fourth-order valence-corrected chi connectivity index (χ4v) is 2.22. The van der Waals surface area contributed by atoms with Crippen LogP contribution in [0.3, 0.4) is 0 Å². The average molecular weight is 355 g/mol. The summed E-state index contributed by atoms with van der Waals surface area (Å²) in [7, 11) is 0. The van der Waals surface area contributed by atoms with E-state index in [9.17, 15) is 9.59 Å². The van der Waals surface area contributed by atoms with Crippen LogP contribution in [0.4, 0.5) is 0 Å². The maximum absolute atomic E-state index is 12.2. The van der Waals surface area contributed by atoms with Crippen molar-refractivity contribution in [1.82, 2.24) is 10.2 Å². The number of nitrogens with one attached hydrogen (secondary N) is 1. The quantitative estimate of drug-likeness (QED) is 0.864. The van der Waals surface area contributed by atoms with E-state index in [1.165, 1.54) is 17.0 Å². The lowest BCUT2D eigenvalue weighted by Crippen LogP contribution is -2.40. The third-order valence-corrected chi connectivity index (χ3v) is 3.65. The van der Waals surface area contributed by atoms with Gasteiger partial charge in [0.1, 0.15) is 0 Å². The molecule has 0 bridgehead atoms. The first-order valence-electron chi connectivity index (χ1n) is 7.05. The molecule has 5 nitrogen and oxygen atoms in total. The second-order valence-electron chi connectivity index (χ2n) is 4.83. The van der Waals surface area contributed by atoms with Crippen LogP contribution in [0.2, 0.25) is 10.2 Å². The summed E-state index contributed by atoms with van der Waals surface area (Å²) in [6, 6.07) is 10.1. The highest BCUT2D eigenvalue weighted by Gasteiger charge is 2.20. The third-order valence-electron chi connectivity index (χ3n) is 3.19. The molecule has 1 aromatic heterocycles. The van der Waals surface area contributed by atoms with Crippen molar-refractivity contribution in [3.8, 4) is 0 Å². The Balaban J connectivity index is 1.89. The summed E-state index contributed by atoms with van der Waals surface area (Å²) in [5.41, 5.74) is 0.926. The van der Waals surface area contributed by atoms with Crippen molar-refractivity contribution < 1.29 is 14.0 Å². The van der Waals surface area contributed by atoms with Crippen molar-refractivity contribution in [2.75, 3.05) is 13.1 Å². The Morgan fingerprint density at radius 3 is 2.39 bits per heavy atom. The van der Waals surface area contributed by atoms with Crippen LogP contribution in [-0.4, -0.2) is 29.8 Å². The highest BCUT2D eigenvalue weighted by molar-refractivity contribution is 6.30. The molecule has 1 aromatic carbocycles. The van der Waals surface area contributed by atoms with Crippen molar-refractivity contribution in [2.24, 2.45) is 0 Å². The van der Waals surface area contributed by atoms with E-state index in [1.54, 1.807) is 19.1 Å². The molecule has 0 radical (unpaired) electrons. The second kappa shape index (κ2) is 8.04. The lowest BCUT2D eigenvalue weighted by atomic mass is 10.2. The van der Waals surface area contributed by atoms with Gasteiger partial charge in [-0.3, -0.25) is 9.59 Å². The first-order valence-corrected chi connectivity index (χ1v) is 7.81. The normalized spacial score (nSPS) is 10.4. The number of hydrogen-bond acceptors (Lipinski definition) is 3. The standard InChI is InChI=1S/C16H16Cl2N2O3/c1-2-20(16(22)13-7-8-14(18)23-13)10-15(21)19-9-11-3-5-12(17)6-4-11/h3-8H,2,9-10H2,1H3,(H,19,21). The maximum Gasteiger partial charge on any atom is 0.290 e. The van der Waals surface area contributed by atoms with Crippen molar-refractivity contribution in [2.45, 2.75) is 13.5 Å². The summed E-state index contributed by atoms with van der Waals surface area (Å²) in [6.07, 6.45) is 0. The molecule has 122 valence electrons. The summed E-state index contributed by atoms with van der Waals surface area (Å²) in [5.74, 6) is -0.517. The molecule has 2 rings (SSSR count). The molecule has 2 aromatic rings. The zero-order chi connectivity index (χ0) is 16.8. The van der Waals surface area contributed by atoms with E-state index in [2.05, 4.69) is 5.32 Å². The number of halogens is 2. The van der Waals surface area contributed by atoms with Crippen LogP contribution in [0.15, 0.2) is 40.8 Å². The molecule has 0 unspecified atom stereocenters. The molecule has 0 aliphatic carbocycles. The van der Waals surface area contributed by atoms with Gasteiger partial charge in [0.05, 0.1) is 6.54 Å². The monoisotopic (exact) mass is 354 g/mol. The van der Waals surface area contributed by atoms with Crippen LogP contribution in [0.5, 0.6) is 0 Å². The highest BCUT2D eigenvalue weighted by Crippen LogP contribution is 2.15. The lowest BCUT2D eigenvalue weighted by Gasteiger charge is -2.19. The minimum atomic E-state index is -0.374. The summed E-state index contributed by atoms with van der Waals surface area (Å²) < 4.78 is 5.08. The number of benzene rings is 1. The molecule has 0 atom stereocenters. The molecule has 0 spiro atoms. The zero-order valence-corrected chi connectivity index (χ0v) is 14.0. The Hall–Kier alpha value is -1.98. The van der Waals surface area contributed by atoms with Gasteiger partial charge >= 0.3 is 0 Å². The van der Waals surface area contributed by atoms with Crippen molar-refractivity contribution in [1.29, 1.82) is 0 Å². The maximum atomic E-state index is 12.2. The van der Waals surface area contributed by atoms with E-state index in [4.69, 9.17) is 27.6 Å². The van der Waals surface area contributed by atoms with E-state index in [0.717, 1.165) is 5.56 Å². The van der Waals surface area contributed by atoms with E-state index in [-0.39, 0.29) is 29.3 Å². The van der Waals surface area contributed by atoms with Crippen LogP contribution in [0.25, 0.3) is 0 Å². The zero-order valence-electron chi connectivity index (χ0n) is 12.5. The highest BCUT2D eigenvalue weighted by atomic mass is 35.5. The number of rotatable bonds is 6. The Morgan fingerprint density at radius 1 is 1.13 bits per heavy atom. The number of furan rings is 1. The van der Waals surface area contributed by atoms with Crippen LogP contribution in [0, 0.1) is 0 Å². The smallest absolute Gasteiger partial charge is 0.290 e. The van der Waals surface area contributed by atoms with Gasteiger partial charge in [-0.2, -0.15) is 0 Å². The van der Waals surface area contributed by atoms with Gasteiger partial charge in [-0.05, 0) is 48.4 Å². The van der Waals surface area contributed by atoms with Gasteiger partial charge in [0.2, 0.25) is 5.91 Å². The molecule has 0 aliphatic heterocycles. The molecule has 23 heavy (non-hydrogen) atoms. The summed E-state index contributed by atoms with van der Waals surface area (Å²) in [6.45, 7) is 2.48. The minimum absolute atomic E-state index is 0.0543. The Bertz CT molecular complexity index is 683. The molecule has 0 aliphatic rings. The van der Waals surface area contributed by atoms with Crippen molar-refractivity contribution in [3.63, 3.8) is 0 Å². The summed E-state index contributed by atoms with van der Waals surface area (Å²) in [4.78, 5) is 25.6. The molecular formula is C16H16Cl2N2O3. The van der Waals surface area contributed by atoms with Gasteiger partial charge in [-0.25, -0.2) is 0 Å². The number of carbonyl (C=O) groups is 2. The van der Waals surface area contributed by atoms with Gasteiger partial charge in [0.25, 0.3) is 5.91 Å². The summed E-state index contributed by atoms with van der Waals surface area (Å²) >= 11 is 11.5. The number of likely N-dealkylation sites (N-methyl/N-ethyl adjacent to an activating group) is 1. The van der Waals surface area contributed by atoms with E-state index in [0.29, 0.717) is 18.1 Å². The number of amides is 2. The van der Waals surface area contributed by atoms with Crippen LogP contribution in [-0.2, 0) is 11.3 Å². The minimum Gasteiger partial charge on any atom is -0.440 e. The van der Waals surface area contributed by atoms with E-state index in [1.807, 2.05) is 12.1 Å². The molecule has 1 heterocycles. The first-order chi connectivity index (χ1) is 11.0. The Labute approximate surface area is 144 Å². The molecule has 7 heteroatoms. The van der Waals surface area contributed by atoms with Gasteiger partial charge < -0.3 is 14.6 Å². The molecule has 0 saturated carbocycles. The van der Waals surface area contributed by atoms with Crippen molar-refractivity contribution in [3.05, 3.63) is 58.0 Å². The van der Waals surface area contributed by atoms with E-state index >= 15 is 0 Å². The average Bonchev–Trinajstić information content (AvgIpc) is 2.98. The second-order valence-corrected chi connectivity index (χ2v) is 5.64. The molecule has 2 amide bonds. The van der Waals surface area contributed by atoms with Gasteiger partial charge in [-0.15, -0.1) is 0 Å². The largest absolute Gasteiger partial charge is 0.440 e. The fraction of sp³-hybridized carbons (Fsp3) is 0.250. The molecule has 1 N–H and O–H groups in total. The number of hydrogen-bond donors (Lipinski definition) is 1. The number of nitrogens with zero attached hydrogens (tertiary/aromatic N) is 1. The third kappa shape index (κ3) is 5.01. The molecular weight excluding hydrogens is 339 g/mol. The van der Waals surface area contributed by atoms with Crippen molar-refractivity contribution >= 4 is 35.0 Å². The predicted octanol–water partition coefficient (Wildman–Crippen LogP) is 3.36. The van der Waals surface area contributed by atoms with Crippen LogP contribution in [0.1, 0.15) is 23.0 Å². The molecule has 0 fully saturated rings. The topological polar surface area (TPSA) is 62.6 Å². The van der Waals surface area contributed by atoms with E-state index < -0.39 is 0 Å². The first kappa shape index (κ1) is 17.4. The Kier molecular flexibility index (Phi) is 6.07. The van der Waals surface area contributed by atoms with Crippen LogP contribution >= 0.6 is 23.2 Å². The van der Waals surface area contributed by atoms with Gasteiger partial charge in [0, 0.05) is 18.1 Å². The van der Waals surface area contributed by atoms with Crippen LogP contribution < -0.4 is 5.32 Å². The lowest BCUT2D eigenvalue weighted by molar-refractivity contribution is -0.121. The SMILES string of the molecule is CCN(CC(=O)NCc1ccc(Cl)cc1)C(=O)c1ccc(Cl)o1. The fourth-order valence-electron chi connectivity index (χ4n) is 1.94. The van der Waals surface area contributed by atoms with Gasteiger partial charge in [-0.1, -0.05) is 23.7 Å². The summed E-state index contributed by atoms with van der Waals surface area (Å²) in [5, 5.41) is 3.54. The predicted molar refractivity (Wildman–Crippen MR) is 88.6 cm³/mol. The van der Waals surface area contributed by atoms with Gasteiger partial charge in [0.15, 0.2) is 11.0 Å². The number of carbonyl (C=O) groups excluding carboxylic acids is 2.